The molecule has 2 rings (SSSR count). The molecule has 1 aliphatic rings. The molecule has 23 heavy (non-hydrogen) atoms. The maximum absolute atomic E-state index is 13.7. The molecule has 0 saturated carbocycles. The van der Waals surface area contributed by atoms with Gasteiger partial charge in [-0.1, -0.05) is 42.2 Å². The highest BCUT2D eigenvalue weighted by Crippen LogP contribution is 2.42. The second kappa shape index (κ2) is 6.81. The van der Waals surface area contributed by atoms with Crippen LogP contribution in [0.1, 0.15) is 19.4 Å². The van der Waals surface area contributed by atoms with E-state index in [9.17, 15) is 14.4 Å². The van der Waals surface area contributed by atoms with Gasteiger partial charge in [-0.05, 0) is 19.9 Å². The van der Waals surface area contributed by atoms with E-state index in [4.69, 9.17) is 12.2 Å². The zero-order valence-electron chi connectivity index (χ0n) is 12.9. The van der Waals surface area contributed by atoms with Crippen molar-refractivity contribution in [2.24, 2.45) is 5.10 Å². The van der Waals surface area contributed by atoms with Crippen LogP contribution in [0.15, 0.2) is 29.4 Å². The fourth-order valence-electron chi connectivity index (χ4n) is 2.16. The smallest absolute Gasteiger partial charge is 0.339 e. The zero-order chi connectivity index (χ0) is 17.2. The molecule has 1 aliphatic heterocycles. The zero-order valence-corrected chi connectivity index (χ0v) is 14.5. The van der Waals surface area contributed by atoms with Gasteiger partial charge in [-0.2, -0.15) is 10.2 Å². The van der Waals surface area contributed by atoms with Crippen molar-refractivity contribution in [2.45, 2.75) is 24.8 Å². The Bertz CT molecular complexity index is 653. The first-order valence-corrected chi connectivity index (χ1v) is 8.01. The molecule has 1 fully saturated rings. The van der Waals surface area contributed by atoms with E-state index in [1.165, 1.54) is 36.1 Å². The van der Waals surface area contributed by atoms with Crippen LogP contribution in [0.5, 0.6) is 0 Å². The Kier molecular flexibility index (Phi) is 5.23. The van der Waals surface area contributed by atoms with Crippen molar-refractivity contribution in [3.05, 3.63) is 35.6 Å². The molecule has 0 aliphatic carbocycles. The maximum Gasteiger partial charge on any atom is 0.343 e. The van der Waals surface area contributed by atoms with Crippen LogP contribution >= 0.6 is 24.0 Å². The number of nitrogens with zero attached hydrogens (tertiary/aromatic N) is 3. The summed E-state index contributed by atoms with van der Waals surface area (Å²) >= 11 is 6.57. The number of thioether (sulfide) groups is 1. The second-order valence-electron chi connectivity index (χ2n) is 5.36. The minimum absolute atomic E-state index is 0.285. The van der Waals surface area contributed by atoms with Crippen LogP contribution in [0.3, 0.4) is 0 Å². The van der Waals surface area contributed by atoms with E-state index in [0.717, 1.165) is 0 Å². The lowest BCUT2D eigenvalue weighted by molar-refractivity contribution is -0.117. The molecule has 0 spiro atoms. The topological polar surface area (TPSA) is 68.2 Å². The van der Waals surface area contributed by atoms with E-state index in [0.29, 0.717) is 9.38 Å². The van der Waals surface area contributed by atoms with Crippen molar-refractivity contribution in [1.29, 1.82) is 0 Å². The highest BCUT2D eigenvalue weighted by molar-refractivity contribution is 8.24. The average Bonchev–Trinajstić information content (AvgIpc) is 2.73. The molecule has 2 N–H and O–H groups in total. The molecule has 2 amide bonds. The predicted octanol–water partition coefficient (Wildman–Crippen LogP) is 2.63. The molecule has 1 saturated heterocycles. The van der Waals surface area contributed by atoms with Gasteiger partial charge in [0.1, 0.15) is 5.82 Å². The van der Waals surface area contributed by atoms with E-state index in [1.807, 2.05) is 13.8 Å². The summed E-state index contributed by atoms with van der Waals surface area (Å²) in [5.41, 5.74) is 0.285. The van der Waals surface area contributed by atoms with Crippen LogP contribution in [-0.4, -0.2) is 49.8 Å². The minimum atomic E-state index is -0.817. The van der Waals surface area contributed by atoms with Gasteiger partial charge in [-0.25, -0.2) is 14.2 Å². The normalized spacial score (nSPS) is 20.1. The third kappa shape index (κ3) is 3.62. The van der Waals surface area contributed by atoms with Crippen LogP contribution < -0.4 is 5.32 Å². The molecule has 0 unspecified atom stereocenters. The fourth-order valence-corrected chi connectivity index (χ4v) is 3.94. The molecule has 0 aromatic heterocycles. The second-order valence-corrected chi connectivity index (χ2v) is 7.64. The SMILES string of the molecule is CNC(=O)N(O)[C@@H]1N(/N=C\c2ccccc2F)C(=S)SC1(C)C. The van der Waals surface area contributed by atoms with Gasteiger partial charge in [0.05, 0.1) is 11.0 Å². The molecule has 0 bridgehead atoms. The lowest BCUT2D eigenvalue weighted by atomic mass is 10.1. The number of hydrazone groups is 1. The quantitative estimate of drug-likeness (QED) is 0.377. The number of thiocarbonyl (C=S) groups is 1. The van der Waals surface area contributed by atoms with Gasteiger partial charge >= 0.3 is 6.03 Å². The summed E-state index contributed by atoms with van der Waals surface area (Å²) in [6, 6.07) is 5.48. The molecule has 1 aromatic rings. The molecule has 1 atom stereocenters. The molecule has 1 aromatic carbocycles. The number of nitrogens with one attached hydrogen (secondary N) is 1. The molecule has 9 heteroatoms. The Morgan fingerprint density at radius 1 is 1.57 bits per heavy atom. The highest BCUT2D eigenvalue weighted by atomic mass is 32.2. The van der Waals surface area contributed by atoms with Crippen molar-refractivity contribution in [3.63, 3.8) is 0 Å². The monoisotopic (exact) mass is 356 g/mol. The van der Waals surface area contributed by atoms with Crippen molar-refractivity contribution >= 4 is 40.5 Å². The van der Waals surface area contributed by atoms with Gasteiger partial charge in [0.25, 0.3) is 0 Å². The molecule has 124 valence electrons. The first-order valence-electron chi connectivity index (χ1n) is 6.78. The lowest BCUT2D eigenvalue weighted by Crippen LogP contribution is -2.55. The number of hydroxylamine groups is 2. The van der Waals surface area contributed by atoms with Crippen molar-refractivity contribution in [3.8, 4) is 0 Å². The van der Waals surface area contributed by atoms with Crippen molar-refractivity contribution < 1.29 is 14.4 Å². The number of halogens is 1. The van der Waals surface area contributed by atoms with Crippen LogP contribution in [0.25, 0.3) is 0 Å². The number of hydrogen-bond acceptors (Lipinski definition) is 5. The standard InChI is InChI=1S/C14H17FN4O2S2/c1-14(2)11(19(21)12(20)16-3)18(13(22)23-14)17-8-9-6-4-5-7-10(9)15/h4-8,11,21H,1-3H3,(H,16,20)/b17-8-/t11-/m0/s1. The Hall–Kier alpha value is -1.71. The predicted molar refractivity (Wildman–Crippen MR) is 92.0 cm³/mol. The molecule has 1 heterocycles. The number of carbonyl (C=O) groups excluding carboxylic acids is 1. The molecule has 0 radical (unpaired) electrons. The summed E-state index contributed by atoms with van der Waals surface area (Å²) in [7, 11) is 1.41. The summed E-state index contributed by atoms with van der Waals surface area (Å²) in [4.78, 5) is 11.7. The van der Waals surface area contributed by atoms with E-state index < -0.39 is 22.8 Å². The number of carbonyl (C=O) groups is 1. The molecule has 6 nitrogen and oxygen atoms in total. The number of amides is 2. The maximum atomic E-state index is 13.7. The molecular formula is C14H17FN4O2S2. The third-order valence-electron chi connectivity index (χ3n) is 3.27. The summed E-state index contributed by atoms with van der Waals surface area (Å²) in [5, 5.41) is 18.6. The number of hydrogen-bond donors (Lipinski definition) is 2. The summed E-state index contributed by atoms with van der Waals surface area (Å²) in [6.07, 6.45) is 0.497. The van der Waals surface area contributed by atoms with E-state index >= 15 is 0 Å². The van der Waals surface area contributed by atoms with Crippen molar-refractivity contribution in [2.75, 3.05) is 7.05 Å². The third-order valence-corrected chi connectivity index (χ3v) is 4.81. The van der Waals surface area contributed by atoms with Crippen LogP contribution in [0.4, 0.5) is 9.18 Å². The average molecular weight is 356 g/mol. The lowest BCUT2D eigenvalue weighted by Gasteiger charge is -2.33. The Morgan fingerprint density at radius 3 is 2.83 bits per heavy atom. The van der Waals surface area contributed by atoms with E-state index in [2.05, 4.69) is 10.4 Å². The van der Waals surface area contributed by atoms with Crippen LogP contribution in [-0.2, 0) is 0 Å². The Balaban J connectivity index is 2.32. The fraction of sp³-hybridized carbons (Fsp3) is 0.357. The number of rotatable bonds is 3. The Labute approximate surface area is 143 Å². The Morgan fingerprint density at radius 2 is 2.22 bits per heavy atom. The summed E-state index contributed by atoms with van der Waals surface area (Å²) in [5.74, 6) is -0.419. The van der Waals surface area contributed by atoms with Crippen LogP contribution in [0.2, 0.25) is 0 Å². The first kappa shape index (κ1) is 17.6. The van der Waals surface area contributed by atoms with Gasteiger partial charge in [-0.3, -0.25) is 5.21 Å². The summed E-state index contributed by atoms with van der Waals surface area (Å²) < 4.78 is 13.5. The highest BCUT2D eigenvalue weighted by Gasteiger charge is 2.49. The van der Waals surface area contributed by atoms with Gasteiger partial charge in [0, 0.05) is 12.6 Å². The number of benzene rings is 1. The largest absolute Gasteiger partial charge is 0.343 e. The van der Waals surface area contributed by atoms with Crippen molar-refractivity contribution in [1.82, 2.24) is 15.4 Å². The van der Waals surface area contributed by atoms with Crippen LogP contribution in [0, 0.1) is 5.82 Å². The van der Waals surface area contributed by atoms with Gasteiger partial charge in [0.2, 0.25) is 0 Å². The number of urea groups is 1. The first-order chi connectivity index (χ1) is 10.8. The summed E-state index contributed by atoms with van der Waals surface area (Å²) in [6.45, 7) is 3.67. The van der Waals surface area contributed by atoms with Gasteiger partial charge < -0.3 is 5.32 Å². The minimum Gasteiger partial charge on any atom is -0.339 e. The van der Waals surface area contributed by atoms with Gasteiger partial charge in [0.15, 0.2) is 10.5 Å². The van der Waals surface area contributed by atoms with Gasteiger partial charge in [-0.15, -0.1) is 0 Å². The van der Waals surface area contributed by atoms with E-state index in [-0.39, 0.29) is 5.56 Å². The van der Waals surface area contributed by atoms with E-state index in [1.54, 1.807) is 18.2 Å². The molecular weight excluding hydrogens is 339 g/mol.